The smallest absolute Gasteiger partial charge is 0.317 e. The Hall–Kier alpha value is -1.47. The van der Waals surface area contributed by atoms with Gasteiger partial charge in [0.1, 0.15) is 6.10 Å². The van der Waals surface area contributed by atoms with Gasteiger partial charge in [0.2, 0.25) is 5.78 Å². The van der Waals surface area contributed by atoms with E-state index in [1.165, 1.54) is 16.7 Å². The topological polar surface area (TPSA) is 95.1 Å². The number of hydrogen-bond acceptors (Lipinski definition) is 5. The van der Waals surface area contributed by atoms with E-state index in [1.807, 2.05) is 6.92 Å². The summed E-state index contributed by atoms with van der Waals surface area (Å²) < 4.78 is 25.1. The SMILES string of the molecule is CC[C@@H]1C[C@@H](O[PH](=O)O)[C@H](n2ccc(=O)n3ccnc23)O1. The van der Waals surface area contributed by atoms with Crippen LogP contribution in [-0.2, 0) is 13.8 Å². The van der Waals surface area contributed by atoms with Crippen LogP contribution in [0, 0.1) is 0 Å². The predicted octanol–water partition coefficient (Wildman–Crippen LogP) is 0.961. The third kappa shape index (κ3) is 2.67. The summed E-state index contributed by atoms with van der Waals surface area (Å²) in [4.78, 5) is 24.9. The monoisotopic (exact) mass is 313 g/mol. The van der Waals surface area contributed by atoms with Crippen molar-refractivity contribution >= 4 is 14.0 Å². The second-order valence-electron chi connectivity index (χ2n) is 4.87. The molecule has 9 heteroatoms. The van der Waals surface area contributed by atoms with Crippen LogP contribution in [0.3, 0.4) is 0 Å². The van der Waals surface area contributed by atoms with Crippen LogP contribution < -0.4 is 5.56 Å². The summed E-state index contributed by atoms with van der Waals surface area (Å²) >= 11 is 0. The highest BCUT2D eigenvalue weighted by Crippen LogP contribution is 2.37. The number of fused-ring (bicyclic) bond motifs is 1. The molecule has 0 radical (unpaired) electrons. The Kier molecular flexibility index (Phi) is 3.95. The van der Waals surface area contributed by atoms with Crippen LogP contribution in [0.2, 0.25) is 0 Å². The second kappa shape index (κ2) is 5.73. The van der Waals surface area contributed by atoms with E-state index in [9.17, 15) is 9.36 Å². The van der Waals surface area contributed by atoms with Crippen molar-refractivity contribution in [1.29, 1.82) is 0 Å². The summed E-state index contributed by atoms with van der Waals surface area (Å²) in [6.07, 6.45) is 4.75. The third-order valence-electron chi connectivity index (χ3n) is 3.59. The van der Waals surface area contributed by atoms with E-state index in [0.717, 1.165) is 6.42 Å². The molecule has 114 valence electrons. The number of aromatic nitrogens is 3. The lowest BCUT2D eigenvalue weighted by Gasteiger charge is -2.21. The van der Waals surface area contributed by atoms with Gasteiger partial charge in [-0.1, -0.05) is 6.92 Å². The molecule has 3 heterocycles. The zero-order valence-electron chi connectivity index (χ0n) is 11.4. The van der Waals surface area contributed by atoms with Gasteiger partial charge in [-0.05, 0) is 6.42 Å². The molecule has 0 amide bonds. The van der Waals surface area contributed by atoms with Crippen molar-refractivity contribution in [3.8, 4) is 0 Å². The molecular weight excluding hydrogens is 297 g/mol. The number of imidazole rings is 1. The van der Waals surface area contributed by atoms with Crippen molar-refractivity contribution in [2.45, 2.75) is 38.2 Å². The molecule has 8 nitrogen and oxygen atoms in total. The molecule has 4 atom stereocenters. The predicted molar refractivity (Wildman–Crippen MR) is 74.4 cm³/mol. The van der Waals surface area contributed by atoms with Crippen molar-refractivity contribution in [2.24, 2.45) is 0 Å². The van der Waals surface area contributed by atoms with Gasteiger partial charge < -0.3 is 14.2 Å². The van der Waals surface area contributed by atoms with Crippen LogP contribution in [0.4, 0.5) is 0 Å². The van der Waals surface area contributed by atoms with Gasteiger partial charge >= 0.3 is 8.25 Å². The van der Waals surface area contributed by atoms with E-state index < -0.39 is 20.6 Å². The molecule has 0 aromatic carbocycles. The number of nitrogens with zero attached hydrogens (tertiary/aromatic N) is 3. The van der Waals surface area contributed by atoms with E-state index >= 15 is 0 Å². The average Bonchev–Trinajstić information content (AvgIpc) is 3.06. The van der Waals surface area contributed by atoms with Crippen LogP contribution in [0.25, 0.3) is 5.78 Å². The summed E-state index contributed by atoms with van der Waals surface area (Å²) in [5.74, 6) is 0.412. The largest absolute Gasteiger partial charge is 0.352 e. The Bertz CT molecular complexity index is 727. The van der Waals surface area contributed by atoms with Crippen LogP contribution in [-0.4, -0.2) is 31.1 Å². The van der Waals surface area contributed by atoms with E-state index in [0.29, 0.717) is 12.2 Å². The van der Waals surface area contributed by atoms with E-state index in [2.05, 4.69) is 4.98 Å². The standard InChI is InChI=1S/C12H16N3O5P/c1-2-8-7-9(20-21(17)18)11(19-8)15-5-3-10(16)14-6-4-13-12(14)15/h3-6,8-9,11,21H,2,7H2,1H3,(H,17,18)/t8-,9-,11-/m1/s1. The fourth-order valence-corrected chi connectivity index (χ4v) is 3.08. The maximum atomic E-state index is 11.7. The first-order valence-electron chi connectivity index (χ1n) is 6.69. The molecule has 3 rings (SSSR count). The van der Waals surface area contributed by atoms with Gasteiger partial charge in [-0.15, -0.1) is 0 Å². The fraction of sp³-hybridized carbons (Fsp3) is 0.500. The van der Waals surface area contributed by atoms with Crippen molar-refractivity contribution < 1.29 is 18.7 Å². The Morgan fingerprint density at radius 3 is 3.10 bits per heavy atom. The van der Waals surface area contributed by atoms with Crippen molar-refractivity contribution in [2.75, 3.05) is 0 Å². The van der Waals surface area contributed by atoms with Gasteiger partial charge in [-0.2, -0.15) is 0 Å². The number of rotatable bonds is 4. The second-order valence-corrected chi connectivity index (χ2v) is 5.64. The van der Waals surface area contributed by atoms with Crippen LogP contribution in [0.1, 0.15) is 26.0 Å². The summed E-state index contributed by atoms with van der Waals surface area (Å²) in [6, 6.07) is 1.40. The van der Waals surface area contributed by atoms with Crippen LogP contribution >= 0.6 is 8.25 Å². The van der Waals surface area contributed by atoms with Crippen molar-refractivity contribution in [1.82, 2.24) is 14.0 Å². The van der Waals surface area contributed by atoms with Crippen LogP contribution in [0.15, 0.2) is 29.5 Å². The first-order valence-corrected chi connectivity index (χ1v) is 7.95. The van der Waals surface area contributed by atoms with Gasteiger partial charge in [0.15, 0.2) is 6.23 Å². The molecule has 0 bridgehead atoms. The molecule has 2 aromatic rings. The maximum Gasteiger partial charge on any atom is 0.317 e. The molecule has 0 spiro atoms. The van der Waals surface area contributed by atoms with E-state index in [1.54, 1.807) is 17.0 Å². The highest BCUT2D eigenvalue weighted by molar-refractivity contribution is 7.32. The Morgan fingerprint density at radius 2 is 2.38 bits per heavy atom. The normalized spacial score (nSPS) is 27.2. The van der Waals surface area contributed by atoms with Gasteiger partial charge in [0.25, 0.3) is 5.56 Å². The van der Waals surface area contributed by atoms with Gasteiger partial charge in [0, 0.05) is 31.1 Å². The molecule has 0 saturated carbocycles. The molecule has 1 aliphatic rings. The molecule has 1 N–H and O–H groups in total. The molecule has 1 aliphatic heterocycles. The molecule has 1 saturated heterocycles. The minimum absolute atomic E-state index is 0.0595. The first-order chi connectivity index (χ1) is 10.1. The lowest BCUT2D eigenvalue weighted by Crippen LogP contribution is -2.25. The highest BCUT2D eigenvalue weighted by Gasteiger charge is 2.38. The van der Waals surface area contributed by atoms with E-state index in [-0.39, 0.29) is 11.7 Å². The zero-order valence-corrected chi connectivity index (χ0v) is 12.4. The quantitative estimate of drug-likeness (QED) is 0.845. The lowest BCUT2D eigenvalue weighted by atomic mass is 10.1. The van der Waals surface area contributed by atoms with Gasteiger partial charge in [-0.25, -0.2) is 4.98 Å². The van der Waals surface area contributed by atoms with Gasteiger partial charge in [-0.3, -0.25) is 18.3 Å². The zero-order chi connectivity index (χ0) is 15.0. The lowest BCUT2D eigenvalue weighted by molar-refractivity contribution is -0.0301. The average molecular weight is 313 g/mol. The van der Waals surface area contributed by atoms with Crippen LogP contribution in [0.5, 0.6) is 0 Å². The first kappa shape index (κ1) is 14.5. The fourth-order valence-electron chi connectivity index (χ4n) is 2.61. The number of ether oxygens (including phenoxy) is 1. The van der Waals surface area contributed by atoms with Gasteiger partial charge in [0.05, 0.1) is 6.10 Å². The minimum Gasteiger partial charge on any atom is -0.352 e. The third-order valence-corrected chi connectivity index (χ3v) is 4.10. The number of hydrogen-bond donors (Lipinski definition) is 1. The Morgan fingerprint density at radius 1 is 1.57 bits per heavy atom. The summed E-state index contributed by atoms with van der Waals surface area (Å²) in [5, 5.41) is 0. The Balaban J connectivity index is 2.03. The molecule has 1 fully saturated rings. The summed E-state index contributed by atoms with van der Waals surface area (Å²) in [6.45, 7) is 1.97. The molecule has 0 aliphatic carbocycles. The highest BCUT2D eigenvalue weighted by atomic mass is 31.1. The molecule has 2 aromatic heterocycles. The van der Waals surface area contributed by atoms with Crippen molar-refractivity contribution in [3.05, 3.63) is 35.0 Å². The van der Waals surface area contributed by atoms with Crippen molar-refractivity contribution in [3.63, 3.8) is 0 Å². The molecular formula is C12H16N3O5P. The summed E-state index contributed by atoms with van der Waals surface area (Å²) in [5.41, 5.74) is -0.197. The molecule has 21 heavy (non-hydrogen) atoms. The molecule has 1 unspecified atom stereocenters. The minimum atomic E-state index is -3.07. The Labute approximate surface area is 120 Å². The summed E-state index contributed by atoms with van der Waals surface area (Å²) in [7, 11) is -3.07. The maximum absolute atomic E-state index is 11.7. The van der Waals surface area contributed by atoms with E-state index in [4.69, 9.17) is 14.2 Å².